The summed E-state index contributed by atoms with van der Waals surface area (Å²) in [6.45, 7) is 3.17. The summed E-state index contributed by atoms with van der Waals surface area (Å²) in [5.74, 6) is -0.826. The van der Waals surface area contributed by atoms with Crippen LogP contribution in [0.4, 0.5) is 5.82 Å². The van der Waals surface area contributed by atoms with Crippen molar-refractivity contribution in [2.45, 2.75) is 20.4 Å². The van der Waals surface area contributed by atoms with E-state index in [9.17, 15) is 19.7 Å². The van der Waals surface area contributed by atoms with E-state index in [1.54, 1.807) is 13.1 Å². The quantitative estimate of drug-likeness (QED) is 0.452. The molecular weight excluding hydrogens is 268 g/mol. The van der Waals surface area contributed by atoms with E-state index in [4.69, 9.17) is 4.74 Å². The summed E-state index contributed by atoms with van der Waals surface area (Å²) in [4.78, 5) is 36.6. The maximum Gasteiger partial charge on any atom is 0.382 e. The molecule has 0 saturated carbocycles. The molecule has 0 fully saturated rings. The molecule has 0 aromatic carbocycles. The van der Waals surface area contributed by atoms with E-state index in [2.05, 4.69) is 4.98 Å². The third kappa shape index (κ3) is 2.51. The molecule has 0 saturated heterocycles. The SMILES string of the molecule is CC(=O)OCCn1c(C)cn2cc([N+](=O)[O-])nc2c1=O. The normalized spacial score (nSPS) is 10.7. The Labute approximate surface area is 112 Å². The minimum Gasteiger partial charge on any atom is -0.464 e. The number of imidazole rings is 1. The van der Waals surface area contributed by atoms with Gasteiger partial charge in [0, 0.05) is 18.8 Å². The van der Waals surface area contributed by atoms with Gasteiger partial charge < -0.3 is 19.4 Å². The van der Waals surface area contributed by atoms with Gasteiger partial charge >= 0.3 is 23.0 Å². The van der Waals surface area contributed by atoms with E-state index < -0.39 is 16.5 Å². The molecule has 9 nitrogen and oxygen atoms in total. The number of carbonyl (C=O) groups excluding carboxylic acids is 1. The molecule has 2 aromatic heterocycles. The zero-order valence-electron chi connectivity index (χ0n) is 10.9. The minimum atomic E-state index is -0.662. The van der Waals surface area contributed by atoms with Crippen molar-refractivity contribution in [1.82, 2.24) is 14.0 Å². The van der Waals surface area contributed by atoms with Gasteiger partial charge in [0.1, 0.15) is 12.8 Å². The minimum absolute atomic E-state index is 0.0369. The fraction of sp³-hybridized carbons (Fsp3) is 0.364. The summed E-state index contributed by atoms with van der Waals surface area (Å²) < 4.78 is 7.45. The molecular formula is C11H12N4O5. The Morgan fingerprint density at radius 2 is 2.20 bits per heavy atom. The number of nitrogens with zero attached hydrogens (tertiary/aromatic N) is 4. The van der Waals surface area contributed by atoms with Crippen LogP contribution in [-0.2, 0) is 16.1 Å². The fourth-order valence-electron chi connectivity index (χ4n) is 1.84. The number of hydrogen-bond donors (Lipinski definition) is 0. The highest BCUT2D eigenvalue weighted by Crippen LogP contribution is 2.10. The van der Waals surface area contributed by atoms with Crippen LogP contribution in [0.1, 0.15) is 12.6 Å². The average Bonchev–Trinajstić information content (AvgIpc) is 2.77. The molecule has 0 N–H and O–H groups in total. The van der Waals surface area contributed by atoms with E-state index in [0.29, 0.717) is 5.69 Å². The van der Waals surface area contributed by atoms with Crippen LogP contribution < -0.4 is 5.56 Å². The highest BCUT2D eigenvalue weighted by Gasteiger charge is 2.18. The van der Waals surface area contributed by atoms with E-state index in [-0.39, 0.29) is 24.6 Å². The monoisotopic (exact) mass is 280 g/mol. The molecule has 2 heterocycles. The highest BCUT2D eigenvalue weighted by molar-refractivity contribution is 5.65. The van der Waals surface area contributed by atoms with Gasteiger partial charge in [-0.1, -0.05) is 0 Å². The van der Waals surface area contributed by atoms with Crippen LogP contribution in [0.2, 0.25) is 0 Å². The molecule has 0 unspecified atom stereocenters. The largest absolute Gasteiger partial charge is 0.464 e. The second-order valence-corrected chi connectivity index (χ2v) is 4.15. The molecule has 106 valence electrons. The molecule has 0 aliphatic rings. The Kier molecular flexibility index (Phi) is 3.51. The van der Waals surface area contributed by atoms with Gasteiger partial charge in [-0.3, -0.25) is 14.0 Å². The van der Waals surface area contributed by atoms with E-state index in [1.165, 1.54) is 22.1 Å². The van der Waals surface area contributed by atoms with Crippen molar-refractivity contribution in [3.8, 4) is 0 Å². The first-order chi connectivity index (χ1) is 9.40. The lowest BCUT2D eigenvalue weighted by atomic mass is 10.4. The number of carbonyl (C=O) groups is 1. The van der Waals surface area contributed by atoms with Gasteiger partial charge in [-0.05, 0) is 16.8 Å². The molecule has 2 aromatic rings. The molecule has 0 spiro atoms. The topological polar surface area (TPSA) is 109 Å². The Morgan fingerprint density at radius 3 is 2.80 bits per heavy atom. The van der Waals surface area contributed by atoms with Crippen LogP contribution in [0.25, 0.3) is 5.65 Å². The van der Waals surface area contributed by atoms with Gasteiger partial charge in [-0.25, -0.2) is 0 Å². The average molecular weight is 280 g/mol. The van der Waals surface area contributed by atoms with Gasteiger partial charge in [-0.15, -0.1) is 0 Å². The summed E-state index contributed by atoms with van der Waals surface area (Å²) in [6, 6.07) is 0. The lowest BCUT2D eigenvalue weighted by Gasteiger charge is -2.09. The Balaban J connectivity index is 2.43. The standard InChI is InChI=1S/C11H12N4O5/c1-7-5-13-6-9(15(18)19)12-10(13)11(17)14(7)3-4-20-8(2)16/h5-6H,3-4H2,1-2H3. The van der Waals surface area contributed by atoms with E-state index in [0.717, 1.165) is 0 Å². The number of fused-ring (bicyclic) bond motifs is 1. The summed E-state index contributed by atoms with van der Waals surface area (Å²) in [5.41, 5.74) is 0.0809. The number of nitro groups is 1. The summed E-state index contributed by atoms with van der Waals surface area (Å²) in [5, 5.41) is 10.7. The summed E-state index contributed by atoms with van der Waals surface area (Å²) >= 11 is 0. The first-order valence-corrected chi connectivity index (χ1v) is 5.77. The Morgan fingerprint density at radius 1 is 1.50 bits per heavy atom. The van der Waals surface area contributed by atoms with Crippen molar-refractivity contribution in [3.63, 3.8) is 0 Å². The van der Waals surface area contributed by atoms with Crippen LogP contribution >= 0.6 is 0 Å². The number of rotatable bonds is 4. The Bertz CT molecular complexity index is 745. The van der Waals surface area contributed by atoms with Crippen molar-refractivity contribution in [1.29, 1.82) is 0 Å². The molecule has 0 bridgehead atoms. The highest BCUT2D eigenvalue weighted by atomic mass is 16.6. The van der Waals surface area contributed by atoms with Crippen molar-refractivity contribution >= 4 is 17.4 Å². The van der Waals surface area contributed by atoms with Crippen molar-refractivity contribution < 1.29 is 14.5 Å². The third-order valence-electron chi connectivity index (χ3n) is 2.71. The van der Waals surface area contributed by atoms with E-state index >= 15 is 0 Å². The van der Waals surface area contributed by atoms with Crippen molar-refractivity contribution in [2.75, 3.05) is 6.61 Å². The van der Waals surface area contributed by atoms with Crippen molar-refractivity contribution in [2.24, 2.45) is 0 Å². The van der Waals surface area contributed by atoms with Gasteiger partial charge in [0.05, 0.1) is 6.54 Å². The smallest absolute Gasteiger partial charge is 0.382 e. The lowest BCUT2D eigenvalue weighted by Crippen LogP contribution is -2.26. The summed E-state index contributed by atoms with van der Waals surface area (Å²) in [7, 11) is 0. The number of ether oxygens (including phenoxy) is 1. The van der Waals surface area contributed by atoms with Crippen LogP contribution in [0.5, 0.6) is 0 Å². The molecule has 0 aliphatic heterocycles. The first kappa shape index (κ1) is 13.7. The lowest BCUT2D eigenvalue weighted by molar-refractivity contribution is -0.389. The first-order valence-electron chi connectivity index (χ1n) is 5.77. The fourth-order valence-corrected chi connectivity index (χ4v) is 1.84. The number of aryl methyl sites for hydroxylation is 1. The number of hydrogen-bond acceptors (Lipinski definition) is 6. The molecule has 0 amide bonds. The second kappa shape index (κ2) is 5.11. The van der Waals surface area contributed by atoms with Crippen LogP contribution in [-0.4, -0.2) is 31.5 Å². The predicted molar refractivity (Wildman–Crippen MR) is 67.5 cm³/mol. The molecule has 9 heteroatoms. The summed E-state index contributed by atoms with van der Waals surface area (Å²) in [6.07, 6.45) is 2.74. The van der Waals surface area contributed by atoms with Crippen molar-refractivity contribution in [3.05, 3.63) is 38.6 Å². The Hall–Kier alpha value is -2.71. The number of esters is 1. The van der Waals surface area contributed by atoms with Crippen LogP contribution in [0.3, 0.4) is 0 Å². The number of aromatic nitrogens is 3. The van der Waals surface area contributed by atoms with Gasteiger partial charge in [-0.2, -0.15) is 0 Å². The molecule has 0 aliphatic carbocycles. The maximum atomic E-state index is 12.2. The third-order valence-corrected chi connectivity index (χ3v) is 2.71. The van der Waals surface area contributed by atoms with Gasteiger partial charge in [0.2, 0.25) is 0 Å². The predicted octanol–water partition coefficient (Wildman–Crippen LogP) is 0.276. The van der Waals surface area contributed by atoms with Gasteiger partial charge in [0.15, 0.2) is 0 Å². The molecule has 2 rings (SSSR count). The molecule has 0 atom stereocenters. The zero-order chi connectivity index (χ0) is 14.9. The second-order valence-electron chi connectivity index (χ2n) is 4.15. The van der Waals surface area contributed by atoms with E-state index in [1.807, 2.05) is 0 Å². The maximum absolute atomic E-state index is 12.2. The van der Waals surface area contributed by atoms with Crippen LogP contribution in [0, 0.1) is 17.0 Å². The van der Waals surface area contributed by atoms with Gasteiger partial charge in [0.25, 0.3) is 0 Å². The molecule has 20 heavy (non-hydrogen) atoms. The van der Waals surface area contributed by atoms with Crippen LogP contribution in [0.15, 0.2) is 17.2 Å². The molecule has 0 radical (unpaired) electrons. The zero-order valence-corrected chi connectivity index (χ0v) is 10.9.